The molecule has 2 aromatic heterocycles. The molecule has 0 amide bonds. The number of esters is 1. The van der Waals surface area contributed by atoms with Gasteiger partial charge in [0, 0.05) is 16.5 Å². The maximum absolute atomic E-state index is 13.0. The standard InChI is InChI=1S/C20H14FN3O3S/c1-12(17-23-24-18(27-17)13-5-3-2-4-6-13)26-20(25)16-11-28-19(22-16)14-7-9-15(21)10-8-14/h2-12H,1H3/t12-/m0/s1. The van der Waals surface area contributed by atoms with Crippen LogP contribution in [0.15, 0.2) is 64.4 Å². The summed E-state index contributed by atoms with van der Waals surface area (Å²) < 4.78 is 24.0. The van der Waals surface area contributed by atoms with Crippen LogP contribution in [-0.4, -0.2) is 21.2 Å². The van der Waals surface area contributed by atoms with Crippen LogP contribution in [0.25, 0.3) is 22.0 Å². The van der Waals surface area contributed by atoms with Crippen molar-refractivity contribution in [2.24, 2.45) is 0 Å². The number of carbonyl (C=O) groups is 1. The summed E-state index contributed by atoms with van der Waals surface area (Å²) in [5, 5.41) is 10.1. The fourth-order valence-corrected chi connectivity index (χ4v) is 3.26. The molecule has 0 spiro atoms. The lowest BCUT2D eigenvalue weighted by molar-refractivity contribution is 0.0274. The summed E-state index contributed by atoms with van der Waals surface area (Å²) in [6.07, 6.45) is -0.728. The van der Waals surface area contributed by atoms with Gasteiger partial charge < -0.3 is 9.15 Å². The normalized spacial score (nSPS) is 11.9. The summed E-state index contributed by atoms with van der Waals surface area (Å²) in [6, 6.07) is 15.2. The Hall–Kier alpha value is -3.39. The second-order valence-electron chi connectivity index (χ2n) is 5.90. The van der Waals surface area contributed by atoms with Crippen LogP contribution in [-0.2, 0) is 4.74 Å². The van der Waals surface area contributed by atoms with E-state index in [0.29, 0.717) is 10.9 Å². The molecule has 1 atom stereocenters. The van der Waals surface area contributed by atoms with Crippen molar-refractivity contribution in [2.75, 3.05) is 0 Å². The number of thiazole rings is 1. The highest BCUT2D eigenvalue weighted by molar-refractivity contribution is 7.13. The highest BCUT2D eigenvalue weighted by Crippen LogP contribution is 2.26. The molecule has 0 aliphatic carbocycles. The highest BCUT2D eigenvalue weighted by atomic mass is 32.1. The second kappa shape index (κ2) is 7.69. The van der Waals surface area contributed by atoms with Crippen molar-refractivity contribution < 1.29 is 18.3 Å². The molecule has 140 valence electrons. The zero-order valence-electron chi connectivity index (χ0n) is 14.7. The van der Waals surface area contributed by atoms with E-state index < -0.39 is 12.1 Å². The van der Waals surface area contributed by atoms with Gasteiger partial charge >= 0.3 is 5.97 Å². The fraction of sp³-hybridized carbons (Fsp3) is 0.100. The number of nitrogens with zero attached hydrogens (tertiary/aromatic N) is 3. The fourth-order valence-electron chi connectivity index (χ4n) is 2.46. The van der Waals surface area contributed by atoms with E-state index in [4.69, 9.17) is 9.15 Å². The van der Waals surface area contributed by atoms with Crippen molar-refractivity contribution >= 4 is 17.3 Å². The number of ether oxygens (including phenoxy) is 1. The van der Waals surface area contributed by atoms with Gasteiger partial charge in [-0.05, 0) is 43.3 Å². The highest BCUT2D eigenvalue weighted by Gasteiger charge is 2.21. The first-order valence-electron chi connectivity index (χ1n) is 8.41. The van der Waals surface area contributed by atoms with Crippen LogP contribution < -0.4 is 0 Å². The van der Waals surface area contributed by atoms with E-state index >= 15 is 0 Å². The van der Waals surface area contributed by atoms with E-state index in [1.54, 1.807) is 24.4 Å². The van der Waals surface area contributed by atoms with E-state index in [-0.39, 0.29) is 17.4 Å². The molecule has 2 heterocycles. The number of rotatable bonds is 5. The number of aromatic nitrogens is 3. The Morgan fingerprint density at radius 3 is 2.57 bits per heavy atom. The summed E-state index contributed by atoms with van der Waals surface area (Å²) in [5.41, 5.74) is 1.67. The molecule has 0 unspecified atom stereocenters. The van der Waals surface area contributed by atoms with E-state index in [2.05, 4.69) is 15.2 Å². The zero-order chi connectivity index (χ0) is 19.5. The number of hydrogen-bond donors (Lipinski definition) is 0. The van der Waals surface area contributed by atoms with Crippen molar-refractivity contribution in [3.8, 4) is 22.0 Å². The van der Waals surface area contributed by atoms with Crippen LogP contribution in [0.1, 0.15) is 29.4 Å². The van der Waals surface area contributed by atoms with Crippen LogP contribution in [0.3, 0.4) is 0 Å². The Morgan fingerprint density at radius 1 is 1.07 bits per heavy atom. The van der Waals surface area contributed by atoms with Crippen molar-refractivity contribution in [1.29, 1.82) is 0 Å². The molecule has 0 aliphatic heterocycles. The molecule has 0 N–H and O–H groups in total. The lowest BCUT2D eigenvalue weighted by Crippen LogP contribution is -2.10. The number of carbonyl (C=O) groups excluding carboxylic acids is 1. The third kappa shape index (κ3) is 3.81. The van der Waals surface area contributed by atoms with Gasteiger partial charge in [0.25, 0.3) is 5.89 Å². The lowest BCUT2D eigenvalue weighted by atomic mass is 10.2. The summed E-state index contributed by atoms with van der Waals surface area (Å²) in [5.74, 6) is -0.383. The molecule has 0 radical (unpaired) electrons. The van der Waals surface area contributed by atoms with Gasteiger partial charge in [-0.2, -0.15) is 0 Å². The molecule has 0 bridgehead atoms. The monoisotopic (exact) mass is 395 g/mol. The first kappa shape index (κ1) is 18.0. The van der Waals surface area contributed by atoms with Crippen LogP contribution in [0.5, 0.6) is 0 Å². The molecule has 0 saturated carbocycles. The summed E-state index contributed by atoms with van der Waals surface area (Å²) in [6.45, 7) is 1.65. The first-order valence-corrected chi connectivity index (χ1v) is 9.29. The van der Waals surface area contributed by atoms with Gasteiger partial charge in [-0.1, -0.05) is 18.2 Å². The molecule has 4 rings (SSSR count). The van der Waals surface area contributed by atoms with Crippen molar-refractivity contribution in [2.45, 2.75) is 13.0 Å². The van der Waals surface area contributed by atoms with Gasteiger partial charge in [-0.25, -0.2) is 14.2 Å². The Balaban J connectivity index is 1.45. The Morgan fingerprint density at radius 2 is 1.82 bits per heavy atom. The van der Waals surface area contributed by atoms with Crippen LogP contribution >= 0.6 is 11.3 Å². The molecule has 28 heavy (non-hydrogen) atoms. The lowest BCUT2D eigenvalue weighted by Gasteiger charge is -2.07. The topological polar surface area (TPSA) is 78.1 Å². The van der Waals surface area contributed by atoms with Gasteiger partial charge in [0.15, 0.2) is 11.8 Å². The van der Waals surface area contributed by atoms with Gasteiger partial charge in [-0.3, -0.25) is 0 Å². The van der Waals surface area contributed by atoms with Gasteiger partial charge in [0.1, 0.15) is 10.8 Å². The van der Waals surface area contributed by atoms with Gasteiger partial charge in [-0.15, -0.1) is 21.5 Å². The molecule has 0 saturated heterocycles. The summed E-state index contributed by atoms with van der Waals surface area (Å²) in [7, 11) is 0. The second-order valence-corrected chi connectivity index (χ2v) is 6.76. The maximum atomic E-state index is 13.0. The van der Waals surface area contributed by atoms with Crippen molar-refractivity contribution in [1.82, 2.24) is 15.2 Å². The minimum atomic E-state index is -0.728. The minimum Gasteiger partial charge on any atom is -0.448 e. The van der Waals surface area contributed by atoms with E-state index in [1.165, 1.54) is 23.5 Å². The van der Waals surface area contributed by atoms with Crippen LogP contribution in [0.4, 0.5) is 4.39 Å². The van der Waals surface area contributed by atoms with Crippen LogP contribution in [0.2, 0.25) is 0 Å². The van der Waals surface area contributed by atoms with E-state index in [0.717, 1.165) is 11.1 Å². The van der Waals surface area contributed by atoms with Gasteiger partial charge in [0.2, 0.25) is 5.89 Å². The third-order valence-corrected chi connectivity index (χ3v) is 4.79. The number of benzene rings is 2. The van der Waals surface area contributed by atoms with E-state index in [9.17, 15) is 9.18 Å². The quantitative estimate of drug-likeness (QED) is 0.447. The molecule has 0 fully saturated rings. The average molecular weight is 395 g/mol. The zero-order valence-corrected chi connectivity index (χ0v) is 15.5. The molecular formula is C20H14FN3O3S. The number of halogens is 1. The summed E-state index contributed by atoms with van der Waals surface area (Å²) in [4.78, 5) is 16.6. The molecule has 8 heteroatoms. The number of hydrogen-bond acceptors (Lipinski definition) is 7. The largest absolute Gasteiger partial charge is 0.448 e. The van der Waals surface area contributed by atoms with Gasteiger partial charge in [0.05, 0.1) is 0 Å². The molecule has 2 aromatic carbocycles. The molecular weight excluding hydrogens is 381 g/mol. The summed E-state index contributed by atoms with van der Waals surface area (Å²) >= 11 is 1.28. The van der Waals surface area contributed by atoms with Crippen molar-refractivity contribution in [3.05, 3.63) is 77.4 Å². The Kier molecular flexibility index (Phi) is 4.94. The Labute approximate surface area is 163 Å². The van der Waals surface area contributed by atoms with E-state index in [1.807, 2.05) is 30.3 Å². The third-order valence-electron chi connectivity index (χ3n) is 3.90. The van der Waals surface area contributed by atoms with Crippen LogP contribution in [0, 0.1) is 5.82 Å². The average Bonchev–Trinajstić information content (AvgIpc) is 3.39. The first-order chi connectivity index (χ1) is 13.6. The molecule has 0 aliphatic rings. The molecule has 4 aromatic rings. The molecule has 6 nitrogen and oxygen atoms in total. The minimum absolute atomic E-state index is 0.166. The maximum Gasteiger partial charge on any atom is 0.358 e. The van der Waals surface area contributed by atoms with Crippen molar-refractivity contribution in [3.63, 3.8) is 0 Å². The predicted octanol–water partition coefficient (Wildman–Crippen LogP) is 4.92. The predicted molar refractivity (Wildman–Crippen MR) is 101 cm³/mol. The SMILES string of the molecule is C[C@H](OC(=O)c1csc(-c2ccc(F)cc2)n1)c1nnc(-c2ccccc2)o1. The Bertz CT molecular complexity index is 1090. The smallest absolute Gasteiger partial charge is 0.358 e.